The first-order chi connectivity index (χ1) is 9.59. The van der Waals surface area contributed by atoms with Gasteiger partial charge in [-0.3, -0.25) is 0 Å². The fraction of sp³-hybridized carbons (Fsp3) is 0.625. The van der Waals surface area contributed by atoms with Crippen molar-refractivity contribution in [3.05, 3.63) is 16.1 Å². The normalized spacial score (nSPS) is 12.9. The summed E-state index contributed by atoms with van der Waals surface area (Å²) in [5.74, 6) is 0.617. The van der Waals surface area contributed by atoms with Gasteiger partial charge in [0.15, 0.2) is 0 Å². The Morgan fingerprint density at radius 1 is 1.19 bits per heavy atom. The van der Waals surface area contributed by atoms with Gasteiger partial charge in [0.2, 0.25) is 5.95 Å². The number of aromatic nitrogens is 2. The lowest BCUT2D eigenvalue weighted by atomic mass is 9.82. The summed E-state index contributed by atoms with van der Waals surface area (Å²) in [6, 6.07) is 2.09. The zero-order chi connectivity index (χ0) is 15.8. The molecule has 2 aromatic heterocycles. The van der Waals surface area contributed by atoms with Crippen molar-refractivity contribution < 1.29 is 0 Å². The topological polar surface area (TPSA) is 37.8 Å². The van der Waals surface area contributed by atoms with E-state index in [0.29, 0.717) is 11.1 Å². The first kappa shape index (κ1) is 16.5. The van der Waals surface area contributed by atoms with E-state index in [4.69, 9.17) is 11.6 Å². The third-order valence-corrected chi connectivity index (χ3v) is 4.63. The molecule has 1 N–H and O–H groups in total. The first-order valence-corrected chi connectivity index (χ1v) is 8.53. The summed E-state index contributed by atoms with van der Waals surface area (Å²) in [6.45, 7) is 13.2. The summed E-state index contributed by atoms with van der Waals surface area (Å²) in [6.07, 6.45) is 2.01. The third-order valence-electron chi connectivity index (χ3n) is 3.17. The lowest BCUT2D eigenvalue weighted by molar-refractivity contribution is 0.301. The molecule has 0 aliphatic rings. The second-order valence-electron chi connectivity index (χ2n) is 7.37. The Balaban J connectivity index is 2.30. The molecule has 3 nitrogen and oxygen atoms in total. The summed E-state index contributed by atoms with van der Waals surface area (Å²) in [4.78, 5) is 11.3. The maximum Gasteiger partial charge on any atom is 0.225 e. The molecule has 2 aromatic rings. The minimum atomic E-state index is -0.0832. The summed E-state index contributed by atoms with van der Waals surface area (Å²) in [5.41, 5.74) is 0.156. The van der Waals surface area contributed by atoms with Crippen LogP contribution in [0.5, 0.6) is 0 Å². The summed E-state index contributed by atoms with van der Waals surface area (Å²) in [5, 5.41) is 4.92. The van der Waals surface area contributed by atoms with Gasteiger partial charge in [-0.15, -0.1) is 11.3 Å². The SMILES string of the molecule is CCc1cc2c(Cl)nc(NC(C)(C)CC(C)(C)C)nc2s1. The van der Waals surface area contributed by atoms with Crippen LogP contribution >= 0.6 is 22.9 Å². The molecule has 0 radical (unpaired) electrons. The highest BCUT2D eigenvalue weighted by molar-refractivity contribution is 7.18. The van der Waals surface area contributed by atoms with E-state index in [1.807, 2.05) is 0 Å². The van der Waals surface area contributed by atoms with Crippen molar-refractivity contribution in [3.63, 3.8) is 0 Å². The Kier molecular flexibility index (Phi) is 4.50. The van der Waals surface area contributed by atoms with Gasteiger partial charge < -0.3 is 5.32 Å². The van der Waals surface area contributed by atoms with Gasteiger partial charge in [-0.25, -0.2) is 9.97 Å². The molecular formula is C16H24ClN3S. The minimum absolute atomic E-state index is 0.0832. The maximum absolute atomic E-state index is 6.31. The van der Waals surface area contributed by atoms with E-state index in [2.05, 4.69) is 62.9 Å². The van der Waals surface area contributed by atoms with E-state index in [0.717, 1.165) is 23.1 Å². The van der Waals surface area contributed by atoms with Crippen LogP contribution in [0.3, 0.4) is 0 Å². The molecule has 0 saturated carbocycles. The number of hydrogen-bond acceptors (Lipinski definition) is 4. The molecule has 0 aromatic carbocycles. The lowest BCUT2D eigenvalue weighted by Gasteiger charge is -2.33. The summed E-state index contributed by atoms with van der Waals surface area (Å²) >= 11 is 8.00. The van der Waals surface area contributed by atoms with Gasteiger partial charge in [-0.1, -0.05) is 39.3 Å². The van der Waals surface area contributed by atoms with Crippen molar-refractivity contribution in [2.75, 3.05) is 5.32 Å². The van der Waals surface area contributed by atoms with Gasteiger partial charge in [-0.2, -0.15) is 0 Å². The van der Waals surface area contributed by atoms with Crippen LogP contribution in [0.1, 0.15) is 52.8 Å². The number of hydrogen-bond donors (Lipinski definition) is 1. The molecule has 5 heteroatoms. The molecule has 0 aliphatic carbocycles. The van der Waals surface area contributed by atoms with E-state index in [1.54, 1.807) is 11.3 Å². The van der Waals surface area contributed by atoms with Crippen molar-refractivity contribution in [1.82, 2.24) is 9.97 Å². The second-order valence-corrected chi connectivity index (χ2v) is 8.84. The number of aryl methyl sites for hydroxylation is 1. The highest BCUT2D eigenvalue weighted by Crippen LogP contribution is 2.32. The monoisotopic (exact) mass is 325 g/mol. The van der Waals surface area contributed by atoms with Crippen LogP contribution in [-0.2, 0) is 6.42 Å². The first-order valence-electron chi connectivity index (χ1n) is 7.34. The zero-order valence-corrected chi connectivity index (χ0v) is 15.2. The van der Waals surface area contributed by atoms with Gasteiger partial charge in [0.05, 0.1) is 0 Å². The molecule has 2 heterocycles. The lowest BCUT2D eigenvalue weighted by Crippen LogP contribution is -2.36. The number of thiophene rings is 1. The number of halogens is 1. The van der Waals surface area contributed by atoms with Crippen LogP contribution in [0.15, 0.2) is 6.07 Å². The third kappa shape index (κ3) is 4.30. The van der Waals surface area contributed by atoms with E-state index in [1.165, 1.54) is 4.88 Å². The molecule has 0 aliphatic heterocycles. The van der Waals surface area contributed by atoms with Gasteiger partial charge >= 0.3 is 0 Å². The molecule has 2 rings (SSSR count). The smallest absolute Gasteiger partial charge is 0.225 e. The molecule has 0 fully saturated rings. The highest BCUT2D eigenvalue weighted by Gasteiger charge is 2.26. The number of nitrogens with one attached hydrogen (secondary N) is 1. The Hall–Kier alpha value is -0.870. The average molecular weight is 326 g/mol. The Morgan fingerprint density at radius 2 is 1.86 bits per heavy atom. The molecule has 116 valence electrons. The van der Waals surface area contributed by atoms with E-state index in [9.17, 15) is 0 Å². The molecule has 0 amide bonds. The molecule has 0 unspecified atom stereocenters. The maximum atomic E-state index is 6.31. The van der Waals surface area contributed by atoms with E-state index >= 15 is 0 Å². The molecule has 0 atom stereocenters. The van der Waals surface area contributed by atoms with Crippen LogP contribution in [-0.4, -0.2) is 15.5 Å². The number of anilines is 1. The summed E-state index contributed by atoms with van der Waals surface area (Å²) in [7, 11) is 0. The Labute approximate surface area is 136 Å². The molecule has 0 spiro atoms. The molecule has 0 saturated heterocycles. The fourth-order valence-electron chi connectivity index (χ4n) is 2.84. The Morgan fingerprint density at radius 3 is 2.43 bits per heavy atom. The fourth-order valence-corrected chi connectivity index (χ4v) is 4.09. The second kappa shape index (κ2) is 5.73. The van der Waals surface area contributed by atoms with E-state index < -0.39 is 0 Å². The van der Waals surface area contributed by atoms with Gasteiger partial charge in [0.1, 0.15) is 9.98 Å². The Bertz CT molecular complexity index is 641. The minimum Gasteiger partial charge on any atom is -0.349 e. The van der Waals surface area contributed by atoms with Crippen LogP contribution in [0, 0.1) is 5.41 Å². The van der Waals surface area contributed by atoms with Crippen LogP contribution < -0.4 is 5.32 Å². The predicted molar refractivity (Wildman–Crippen MR) is 93.6 cm³/mol. The predicted octanol–water partition coefficient (Wildman–Crippen LogP) is 5.53. The van der Waals surface area contributed by atoms with Crippen LogP contribution in [0.25, 0.3) is 10.2 Å². The standard InChI is InChI=1S/C16H24ClN3S/c1-7-10-8-11-12(17)18-14(19-13(11)21-10)20-16(5,6)9-15(2,3)4/h8H,7,9H2,1-6H3,(H,18,19,20). The van der Waals surface area contributed by atoms with Crippen LogP contribution in [0.4, 0.5) is 5.95 Å². The quantitative estimate of drug-likeness (QED) is 0.750. The summed E-state index contributed by atoms with van der Waals surface area (Å²) < 4.78 is 0. The largest absolute Gasteiger partial charge is 0.349 e. The van der Waals surface area contributed by atoms with E-state index in [-0.39, 0.29) is 11.0 Å². The zero-order valence-electron chi connectivity index (χ0n) is 13.7. The van der Waals surface area contributed by atoms with Crippen molar-refractivity contribution in [2.45, 2.75) is 59.9 Å². The van der Waals surface area contributed by atoms with Crippen molar-refractivity contribution in [1.29, 1.82) is 0 Å². The number of rotatable bonds is 4. The van der Waals surface area contributed by atoms with Gasteiger partial charge in [0, 0.05) is 15.8 Å². The van der Waals surface area contributed by atoms with Crippen molar-refractivity contribution >= 4 is 39.1 Å². The van der Waals surface area contributed by atoms with Crippen molar-refractivity contribution in [2.24, 2.45) is 5.41 Å². The highest BCUT2D eigenvalue weighted by atomic mass is 35.5. The van der Waals surface area contributed by atoms with Gasteiger partial charge in [-0.05, 0) is 38.2 Å². The molecule has 21 heavy (non-hydrogen) atoms. The van der Waals surface area contributed by atoms with Gasteiger partial charge in [0.25, 0.3) is 0 Å². The number of fused-ring (bicyclic) bond motifs is 1. The average Bonchev–Trinajstić information content (AvgIpc) is 2.68. The van der Waals surface area contributed by atoms with Crippen LogP contribution in [0.2, 0.25) is 5.15 Å². The molecular weight excluding hydrogens is 302 g/mol. The number of nitrogens with zero attached hydrogens (tertiary/aromatic N) is 2. The molecule has 0 bridgehead atoms. The van der Waals surface area contributed by atoms with Crippen molar-refractivity contribution in [3.8, 4) is 0 Å².